The van der Waals surface area contributed by atoms with Gasteiger partial charge < -0.3 is 11.1 Å². The Kier molecular flexibility index (Phi) is 4.47. The van der Waals surface area contributed by atoms with Crippen molar-refractivity contribution in [2.24, 2.45) is 11.7 Å². The maximum absolute atomic E-state index is 12.2. The van der Waals surface area contributed by atoms with Crippen LogP contribution >= 0.6 is 0 Å². The van der Waals surface area contributed by atoms with Gasteiger partial charge in [0.25, 0.3) is 0 Å². The SMILES string of the molecule is CCC(C)[C@H](N)C(=O)Nc1ccccc1-n1cncn1. The average molecular weight is 273 g/mol. The van der Waals surface area contributed by atoms with Crippen LogP contribution in [0.3, 0.4) is 0 Å². The first-order valence-corrected chi connectivity index (χ1v) is 6.64. The highest BCUT2D eigenvalue weighted by molar-refractivity contribution is 5.96. The van der Waals surface area contributed by atoms with Crippen LogP contribution in [0.2, 0.25) is 0 Å². The van der Waals surface area contributed by atoms with E-state index in [4.69, 9.17) is 5.73 Å². The second-order valence-corrected chi connectivity index (χ2v) is 4.76. The number of anilines is 1. The minimum Gasteiger partial charge on any atom is -0.323 e. The molecule has 0 saturated heterocycles. The predicted molar refractivity (Wildman–Crippen MR) is 77.4 cm³/mol. The third kappa shape index (κ3) is 3.03. The first-order chi connectivity index (χ1) is 9.63. The van der Waals surface area contributed by atoms with Crippen LogP contribution in [0, 0.1) is 5.92 Å². The van der Waals surface area contributed by atoms with E-state index in [0.717, 1.165) is 12.1 Å². The number of nitrogens with zero attached hydrogens (tertiary/aromatic N) is 3. The summed E-state index contributed by atoms with van der Waals surface area (Å²) in [6, 6.07) is 6.88. The Morgan fingerprint density at radius 3 is 2.85 bits per heavy atom. The number of hydrogen-bond donors (Lipinski definition) is 2. The highest BCUT2D eigenvalue weighted by Gasteiger charge is 2.20. The van der Waals surface area contributed by atoms with Gasteiger partial charge in [0.1, 0.15) is 12.7 Å². The number of carbonyl (C=O) groups excluding carboxylic acids is 1. The largest absolute Gasteiger partial charge is 0.323 e. The van der Waals surface area contributed by atoms with Gasteiger partial charge in [-0.25, -0.2) is 9.67 Å². The zero-order valence-electron chi connectivity index (χ0n) is 11.7. The van der Waals surface area contributed by atoms with Crippen LogP contribution in [0.25, 0.3) is 5.69 Å². The molecule has 1 aromatic carbocycles. The standard InChI is InChI=1S/C14H19N5O/c1-3-10(2)13(15)14(20)18-11-6-4-5-7-12(11)19-9-16-8-17-19/h4-10,13H,3,15H2,1-2H3,(H,18,20)/t10?,13-/m0/s1. The summed E-state index contributed by atoms with van der Waals surface area (Å²) in [6.07, 6.45) is 3.89. The molecule has 2 aromatic rings. The number of rotatable bonds is 5. The van der Waals surface area contributed by atoms with Crippen LogP contribution < -0.4 is 11.1 Å². The van der Waals surface area contributed by atoms with Crippen LogP contribution in [0.4, 0.5) is 5.69 Å². The molecule has 1 unspecified atom stereocenters. The first kappa shape index (κ1) is 14.2. The molecule has 1 aromatic heterocycles. The fraction of sp³-hybridized carbons (Fsp3) is 0.357. The monoisotopic (exact) mass is 273 g/mol. The Hall–Kier alpha value is -2.21. The molecular formula is C14H19N5O. The average Bonchev–Trinajstić information content (AvgIpc) is 3.00. The summed E-state index contributed by atoms with van der Waals surface area (Å²) < 4.78 is 1.60. The van der Waals surface area contributed by atoms with Crippen molar-refractivity contribution in [3.05, 3.63) is 36.9 Å². The van der Waals surface area contributed by atoms with Gasteiger partial charge in [0, 0.05) is 0 Å². The molecule has 6 nitrogen and oxygen atoms in total. The lowest BCUT2D eigenvalue weighted by molar-refractivity contribution is -0.118. The van der Waals surface area contributed by atoms with Gasteiger partial charge in [0.2, 0.25) is 5.91 Å². The highest BCUT2D eigenvalue weighted by atomic mass is 16.2. The molecule has 0 aliphatic carbocycles. The molecule has 0 spiro atoms. The Morgan fingerprint density at radius 2 is 2.20 bits per heavy atom. The molecule has 0 bridgehead atoms. The quantitative estimate of drug-likeness (QED) is 0.866. The molecule has 106 valence electrons. The molecule has 0 radical (unpaired) electrons. The van der Waals surface area contributed by atoms with Gasteiger partial charge in [0.15, 0.2) is 0 Å². The molecule has 0 aliphatic heterocycles. The van der Waals surface area contributed by atoms with E-state index in [9.17, 15) is 4.79 Å². The molecule has 0 saturated carbocycles. The smallest absolute Gasteiger partial charge is 0.241 e. The minimum atomic E-state index is -0.524. The van der Waals surface area contributed by atoms with E-state index in [1.165, 1.54) is 6.33 Å². The van der Waals surface area contributed by atoms with Gasteiger partial charge in [0.05, 0.1) is 17.4 Å². The van der Waals surface area contributed by atoms with Crippen LogP contribution in [0.1, 0.15) is 20.3 Å². The van der Waals surface area contributed by atoms with E-state index in [1.54, 1.807) is 11.0 Å². The fourth-order valence-corrected chi connectivity index (χ4v) is 1.84. The van der Waals surface area contributed by atoms with Crippen LogP contribution in [-0.4, -0.2) is 26.7 Å². The molecule has 6 heteroatoms. The number of hydrogen-bond acceptors (Lipinski definition) is 4. The summed E-state index contributed by atoms with van der Waals surface area (Å²) in [5.41, 5.74) is 7.37. The van der Waals surface area contributed by atoms with E-state index < -0.39 is 6.04 Å². The minimum absolute atomic E-state index is 0.133. The van der Waals surface area contributed by atoms with Crippen molar-refractivity contribution >= 4 is 11.6 Å². The Labute approximate surface area is 118 Å². The van der Waals surface area contributed by atoms with E-state index in [1.807, 2.05) is 38.1 Å². The third-order valence-electron chi connectivity index (χ3n) is 3.39. The summed E-state index contributed by atoms with van der Waals surface area (Å²) in [4.78, 5) is 16.1. The van der Waals surface area contributed by atoms with Crippen molar-refractivity contribution in [3.63, 3.8) is 0 Å². The lowest BCUT2D eigenvalue weighted by Gasteiger charge is -2.18. The van der Waals surface area contributed by atoms with Crippen molar-refractivity contribution in [2.45, 2.75) is 26.3 Å². The van der Waals surface area contributed by atoms with Crippen molar-refractivity contribution in [2.75, 3.05) is 5.32 Å². The van der Waals surface area contributed by atoms with Crippen LogP contribution in [-0.2, 0) is 4.79 Å². The Morgan fingerprint density at radius 1 is 1.45 bits per heavy atom. The third-order valence-corrected chi connectivity index (χ3v) is 3.39. The molecule has 1 heterocycles. The number of nitrogens with one attached hydrogen (secondary N) is 1. The van der Waals surface area contributed by atoms with Gasteiger partial charge >= 0.3 is 0 Å². The predicted octanol–water partition coefficient (Wildman–Crippen LogP) is 1.58. The molecule has 0 aliphatic rings. The fourth-order valence-electron chi connectivity index (χ4n) is 1.84. The lowest BCUT2D eigenvalue weighted by atomic mass is 9.99. The van der Waals surface area contributed by atoms with E-state index in [0.29, 0.717) is 5.69 Å². The Bertz CT molecular complexity index is 567. The number of aromatic nitrogens is 3. The van der Waals surface area contributed by atoms with E-state index in [2.05, 4.69) is 15.4 Å². The summed E-state index contributed by atoms with van der Waals surface area (Å²) in [6.45, 7) is 3.98. The molecule has 20 heavy (non-hydrogen) atoms. The highest BCUT2D eigenvalue weighted by Crippen LogP contribution is 2.19. The van der Waals surface area contributed by atoms with Crippen molar-refractivity contribution in [1.29, 1.82) is 0 Å². The number of para-hydroxylation sites is 2. The molecular weight excluding hydrogens is 254 g/mol. The van der Waals surface area contributed by atoms with Gasteiger partial charge in [-0.1, -0.05) is 32.4 Å². The second kappa shape index (κ2) is 6.29. The van der Waals surface area contributed by atoms with Crippen LogP contribution in [0.5, 0.6) is 0 Å². The second-order valence-electron chi connectivity index (χ2n) is 4.76. The number of nitrogens with two attached hydrogens (primary N) is 1. The molecule has 0 fully saturated rings. The molecule has 3 N–H and O–H groups in total. The Balaban J connectivity index is 2.20. The zero-order chi connectivity index (χ0) is 14.5. The van der Waals surface area contributed by atoms with Gasteiger partial charge in [-0.2, -0.15) is 5.10 Å². The summed E-state index contributed by atoms with van der Waals surface area (Å²) in [7, 11) is 0. The maximum Gasteiger partial charge on any atom is 0.241 e. The summed E-state index contributed by atoms with van der Waals surface area (Å²) >= 11 is 0. The summed E-state index contributed by atoms with van der Waals surface area (Å²) in [5.74, 6) is -0.0551. The molecule has 2 atom stereocenters. The first-order valence-electron chi connectivity index (χ1n) is 6.64. The zero-order valence-corrected chi connectivity index (χ0v) is 11.7. The number of benzene rings is 1. The number of carbonyl (C=O) groups is 1. The van der Waals surface area contributed by atoms with Crippen molar-refractivity contribution in [1.82, 2.24) is 14.8 Å². The lowest BCUT2D eigenvalue weighted by Crippen LogP contribution is -2.40. The number of amides is 1. The van der Waals surface area contributed by atoms with Gasteiger partial charge in [-0.15, -0.1) is 0 Å². The molecule has 2 rings (SSSR count). The van der Waals surface area contributed by atoms with Gasteiger partial charge in [-0.05, 0) is 18.1 Å². The summed E-state index contributed by atoms with van der Waals surface area (Å²) in [5, 5.41) is 6.93. The van der Waals surface area contributed by atoms with Crippen molar-refractivity contribution < 1.29 is 4.79 Å². The topological polar surface area (TPSA) is 85.8 Å². The van der Waals surface area contributed by atoms with E-state index >= 15 is 0 Å². The normalized spacial score (nSPS) is 13.8. The van der Waals surface area contributed by atoms with Crippen LogP contribution in [0.15, 0.2) is 36.9 Å². The van der Waals surface area contributed by atoms with Crippen molar-refractivity contribution in [3.8, 4) is 5.69 Å². The maximum atomic E-state index is 12.2. The molecule has 1 amide bonds. The van der Waals surface area contributed by atoms with E-state index in [-0.39, 0.29) is 11.8 Å². The van der Waals surface area contributed by atoms with Gasteiger partial charge in [-0.3, -0.25) is 4.79 Å².